The van der Waals surface area contributed by atoms with E-state index in [1.165, 1.54) is 0 Å². The molecule has 5 nitrogen and oxygen atoms in total. The third-order valence-electron chi connectivity index (χ3n) is 3.86. The number of hydrogen-bond acceptors (Lipinski definition) is 2. The topological polar surface area (TPSA) is 69.6 Å². The number of urea groups is 1. The molecular weight excluding hydrogens is 244 g/mol. The Balaban J connectivity index is 4.83. The minimum absolute atomic E-state index is 0.283. The molecule has 0 radical (unpaired) electrons. The Morgan fingerprint density at radius 1 is 1.21 bits per heavy atom. The van der Waals surface area contributed by atoms with E-state index in [0.29, 0.717) is 31.8 Å². The molecule has 0 rings (SSSR count). The molecule has 0 aliphatic carbocycles. The molecule has 0 bridgehead atoms. The second kappa shape index (κ2) is 8.02. The molecule has 0 heterocycles. The van der Waals surface area contributed by atoms with Crippen LogP contribution in [0.15, 0.2) is 0 Å². The molecule has 0 aliphatic heterocycles. The largest absolute Gasteiger partial charge is 0.480 e. The zero-order chi connectivity index (χ0) is 15.1. The highest BCUT2D eigenvalue weighted by molar-refractivity contribution is 5.86. The van der Waals surface area contributed by atoms with Crippen molar-refractivity contribution in [2.45, 2.75) is 59.4 Å². The normalized spacial score (nSPS) is 12.9. The summed E-state index contributed by atoms with van der Waals surface area (Å²) >= 11 is 0. The Labute approximate surface area is 116 Å². The summed E-state index contributed by atoms with van der Waals surface area (Å²) in [6.07, 6.45) is 1.76. The van der Waals surface area contributed by atoms with Gasteiger partial charge < -0.3 is 15.3 Å². The molecule has 1 atom stereocenters. The first kappa shape index (κ1) is 17.7. The van der Waals surface area contributed by atoms with Crippen LogP contribution in [0, 0.1) is 5.92 Å². The molecule has 2 N–H and O–H groups in total. The zero-order valence-corrected chi connectivity index (χ0v) is 12.8. The van der Waals surface area contributed by atoms with Crippen molar-refractivity contribution in [2.75, 3.05) is 13.1 Å². The number of carbonyl (C=O) groups excluding carboxylic acids is 1. The second-order valence-electron chi connectivity index (χ2n) is 5.08. The molecule has 0 spiro atoms. The van der Waals surface area contributed by atoms with E-state index in [0.717, 1.165) is 6.42 Å². The summed E-state index contributed by atoms with van der Waals surface area (Å²) in [5.41, 5.74) is -1.15. The molecule has 112 valence electrons. The molecule has 0 aromatic rings. The minimum Gasteiger partial charge on any atom is -0.480 e. The number of rotatable bonds is 8. The van der Waals surface area contributed by atoms with E-state index in [4.69, 9.17) is 0 Å². The monoisotopic (exact) mass is 272 g/mol. The number of carboxylic acids is 1. The highest BCUT2D eigenvalue weighted by Gasteiger charge is 2.37. The van der Waals surface area contributed by atoms with Gasteiger partial charge in [-0.05, 0) is 25.7 Å². The standard InChI is InChI=1S/C14H28N2O3/c1-6-11(5)10-16(9-4)13(19)15-14(7-2,8-3)12(17)18/h11H,6-10H2,1-5H3,(H,15,19)(H,17,18). The molecule has 0 aliphatic rings. The van der Waals surface area contributed by atoms with Crippen LogP contribution in [0.2, 0.25) is 0 Å². The first-order valence-corrected chi connectivity index (χ1v) is 7.17. The van der Waals surface area contributed by atoms with E-state index in [-0.39, 0.29) is 6.03 Å². The molecule has 0 aromatic heterocycles. The number of carbonyl (C=O) groups is 2. The lowest BCUT2D eigenvalue weighted by atomic mass is 9.93. The van der Waals surface area contributed by atoms with E-state index in [9.17, 15) is 14.7 Å². The first-order chi connectivity index (χ1) is 8.86. The number of hydrogen-bond donors (Lipinski definition) is 2. The fraction of sp³-hybridized carbons (Fsp3) is 0.857. The number of amides is 2. The highest BCUT2D eigenvalue weighted by atomic mass is 16.4. The van der Waals surface area contributed by atoms with Crippen molar-refractivity contribution in [2.24, 2.45) is 5.92 Å². The van der Waals surface area contributed by atoms with E-state index >= 15 is 0 Å². The maximum Gasteiger partial charge on any atom is 0.329 e. The van der Waals surface area contributed by atoms with Gasteiger partial charge in [0.1, 0.15) is 5.54 Å². The van der Waals surface area contributed by atoms with Crippen molar-refractivity contribution in [1.29, 1.82) is 0 Å². The van der Waals surface area contributed by atoms with Crippen LogP contribution in [-0.2, 0) is 4.79 Å². The lowest BCUT2D eigenvalue weighted by Crippen LogP contribution is -2.57. The maximum atomic E-state index is 12.2. The molecule has 0 saturated heterocycles. The van der Waals surface area contributed by atoms with E-state index in [1.807, 2.05) is 6.92 Å². The molecule has 5 heteroatoms. The zero-order valence-electron chi connectivity index (χ0n) is 12.8. The fourth-order valence-electron chi connectivity index (χ4n) is 1.93. The van der Waals surface area contributed by atoms with Crippen molar-refractivity contribution in [3.8, 4) is 0 Å². The SMILES string of the molecule is CCC(C)CN(CC)C(=O)NC(CC)(CC)C(=O)O. The van der Waals surface area contributed by atoms with E-state index in [2.05, 4.69) is 19.2 Å². The predicted molar refractivity (Wildman–Crippen MR) is 76.2 cm³/mol. The van der Waals surface area contributed by atoms with Gasteiger partial charge in [0.2, 0.25) is 0 Å². The quantitative estimate of drug-likeness (QED) is 0.713. The number of nitrogens with zero attached hydrogens (tertiary/aromatic N) is 1. The van der Waals surface area contributed by atoms with Gasteiger partial charge in [0.05, 0.1) is 0 Å². The van der Waals surface area contributed by atoms with Gasteiger partial charge in [-0.15, -0.1) is 0 Å². The molecular formula is C14H28N2O3. The molecule has 0 fully saturated rings. The molecule has 1 unspecified atom stereocenters. The Morgan fingerprint density at radius 2 is 1.74 bits per heavy atom. The van der Waals surface area contributed by atoms with Crippen LogP contribution in [0.3, 0.4) is 0 Å². The Morgan fingerprint density at radius 3 is 2.05 bits per heavy atom. The van der Waals surface area contributed by atoms with Gasteiger partial charge in [-0.25, -0.2) is 9.59 Å². The summed E-state index contributed by atoms with van der Waals surface area (Å²) in [6.45, 7) is 10.9. The number of carboxylic acid groups (broad SMARTS) is 1. The molecule has 19 heavy (non-hydrogen) atoms. The van der Waals surface area contributed by atoms with Gasteiger partial charge in [-0.2, -0.15) is 0 Å². The van der Waals surface area contributed by atoms with Gasteiger partial charge in [-0.1, -0.05) is 34.1 Å². The van der Waals surface area contributed by atoms with Crippen LogP contribution in [0.1, 0.15) is 53.9 Å². The second-order valence-corrected chi connectivity index (χ2v) is 5.08. The smallest absolute Gasteiger partial charge is 0.329 e. The van der Waals surface area contributed by atoms with Crippen LogP contribution in [-0.4, -0.2) is 40.6 Å². The van der Waals surface area contributed by atoms with Crippen LogP contribution in [0.4, 0.5) is 4.79 Å². The Bertz CT molecular complexity index is 301. The van der Waals surface area contributed by atoms with Crippen molar-refractivity contribution in [3.63, 3.8) is 0 Å². The summed E-state index contributed by atoms with van der Waals surface area (Å²) in [4.78, 5) is 25.3. The summed E-state index contributed by atoms with van der Waals surface area (Å²) in [5.74, 6) is -0.557. The Hall–Kier alpha value is -1.26. The molecule has 0 saturated carbocycles. The summed E-state index contributed by atoms with van der Waals surface area (Å²) < 4.78 is 0. The van der Waals surface area contributed by atoms with Gasteiger partial charge >= 0.3 is 12.0 Å². The van der Waals surface area contributed by atoms with Crippen molar-refractivity contribution < 1.29 is 14.7 Å². The number of aliphatic carboxylic acids is 1. The average molecular weight is 272 g/mol. The lowest BCUT2D eigenvalue weighted by molar-refractivity contribution is -0.144. The number of nitrogens with one attached hydrogen (secondary N) is 1. The predicted octanol–water partition coefficient (Wildman–Crippen LogP) is 2.71. The molecule has 0 aromatic carbocycles. The van der Waals surface area contributed by atoms with Crippen LogP contribution in [0.25, 0.3) is 0 Å². The summed E-state index contributed by atoms with van der Waals surface area (Å²) in [6, 6.07) is -0.283. The van der Waals surface area contributed by atoms with Gasteiger partial charge in [0.25, 0.3) is 0 Å². The van der Waals surface area contributed by atoms with Gasteiger partial charge in [-0.3, -0.25) is 0 Å². The molecule has 2 amide bonds. The van der Waals surface area contributed by atoms with Crippen LogP contribution < -0.4 is 5.32 Å². The van der Waals surface area contributed by atoms with Crippen LogP contribution in [0.5, 0.6) is 0 Å². The van der Waals surface area contributed by atoms with E-state index < -0.39 is 11.5 Å². The first-order valence-electron chi connectivity index (χ1n) is 7.17. The van der Waals surface area contributed by atoms with Crippen LogP contribution >= 0.6 is 0 Å². The van der Waals surface area contributed by atoms with Gasteiger partial charge in [0.15, 0.2) is 0 Å². The van der Waals surface area contributed by atoms with E-state index in [1.54, 1.807) is 18.7 Å². The maximum absolute atomic E-state index is 12.2. The van der Waals surface area contributed by atoms with Crippen molar-refractivity contribution >= 4 is 12.0 Å². The lowest BCUT2D eigenvalue weighted by Gasteiger charge is -2.32. The fourth-order valence-corrected chi connectivity index (χ4v) is 1.93. The average Bonchev–Trinajstić information content (AvgIpc) is 2.41. The highest BCUT2D eigenvalue weighted by Crippen LogP contribution is 2.16. The third-order valence-corrected chi connectivity index (χ3v) is 3.86. The van der Waals surface area contributed by atoms with Crippen molar-refractivity contribution in [3.05, 3.63) is 0 Å². The third kappa shape index (κ3) is 4.73. The summed E-state index contributed by atoms with van der Waals surface area (Å²) in [5, 5.41) is 12.0. The van der Waals surface area contributed by atoms with Crippen molar-refractivity contribution in [1.82, 2.24) is 10.2 Å². The Kier molecular flexibility index (Phi) is 7.49. The summed E-state index contributed by atoms with van der Waals surface area (Å²) in [7, 11) is 0. The van der Waals surface area contributed by atoms with Gasteiger partial charge in [0, 0.05) is 13.1 Å². The minimum atomic E-state index is -1.15.